The maximum absolute atomic E-state index is 4.84. The van der Waals surface area contributed by atoms with Crippen LogP contribution in [-0.2, 0) is 6.54 Å². The zero-order valence-electron chi connectivity index (χ0n) is 13.4. The first kappa shape index (κ1) is 15.0. The molecule has 0 radical (unpaired) electrons. The Hall–Kier alpha value is -0.870. The molecule has 1 aliphatic carbocycles. The molecule has 0 bridgehead atoms. The van der Waals surface area contributed by atoms with Crippen molar-refractivity contribution in [2.24, 2.45) is 0 Å². The lowest BCUT2D eigenvalue weighted by Gasteiger charge is -2.31. The number of aromatic nitrogens is 2. The number of likely N-dealkylation sites (tertiary alicyclic amines) is 1. The molecular weight excluding hydrogens is 260 g/mol. The molecule has 1 aliphatic heterocycles. The maximum atomic E-state index is 4.84. The summed E-state index contributed by atoms with van der Waals surface area (Å²) in [6.45, 7) is 6.72. The van der Waals surface area contributed by atoms with E-state index in [1.165, 1.54) is 63.7 Å². The van der Waals surface area contributed by atoms with E-state index in [1.807, 2.05) is 0 Å². The van der Waals surface area contributed by atoms with E-state index in [0.717, 1.165) is 19.1 Å². The van der Waals surface area contributed by atoms with Gasteiger partial charge in [-0.1, -0.05) is 26.2 Å². The fraction of sp³-hybridized carbons (Fsp3) is 0.824. The van der Waals surface area contributed by atoms with Gasteiger partial charge in [-0.2, -0.15) is 5.10 Å². The lowest BCUT2D eigenvalue weighted by atomic mass is 9.96. The summed E-state index contributed by atoms with van der Waals surface area (Å²) >= 11 is 0. The number of piperidine rings is 1. The van der Waals surface area contributed by atoms with Crippen molar-refractivity contribution in [2.75, 3.05) is 19.6 Å². The van der Waals surface area contributed by atoms with Crippen LogP contribution in [0.5, 0.6) is 0 Å². The van der Waals surface area contributed by atoms with Crippen LogP contribution in [0, 0.1) is 0 Å². The first-order valence-corrected chi connectivity index (χ1v) is 8.85. The van der Waals surface area contributed by atoms with Crippen LogP contribution in [0.4, 0.5) is 0 Å². The molecule has 1 saturated carbocycles. The summed E-state index contributed by atoms with van der Waals surface area (Å²) in [6.07, 6.45) is 11.5. The number of hydrogen-bond donors (Lipinski definition) is 1. The van der Waals surface area contributed by atoms with E-state index < -0.39 is 0 Å². The van der Waals surface area contributed by atoms with E-state index in [-0.39, 0.29) is 0 Å². The van der Waals surface area contributed by atoms with Gasteiger partial charge in [0, 0.05) is 31.9 Å². The Morgan fingerprint density at radius 1 is 1.14 bits per heavy atom. The van der Waals surface area contributed by atoms with E-state index in [2.05, 4.69) is 34.1 Å². The van der Waals surface area contributed by atoms with Gasteiger partial charge in [-0.05, 0) is 38.3 Å². The molecule has 1 aromatic heterocycles. The Bertz CT molecular complexity index is 414. The molecule has 1 aromatic rings. The molecule has 4 heteroatoms. The van der Waals surface area contributed by atoms with Crippen molar-refractivity contribution in [2.45, 2.75) is 70.5 Å². The molecule has 2 heterocycles. The summed E-state index contributed by atoms with van der Waals surface area (Å²) < 4.78 is 2.24. The summed E-state index contributed by atoms with van der Waals surface area (Å²) in [7, 11) is 0. The van der Waals surface area contributed by atoms with Gasteiger partial charge in [0.15, 0.2) is 0 Å². The maximum Gasteiger partial charge on any atom is 0.0764 e. The Morgan fingerprint density at radius 3 is 2.62 bits per heavy atom. The summed E-state index contributed by atoms with van der Waals surface area (Å²) in [5, 5.41) is 8.41. The minimum absolute atomic E-state index is 0.659. The van der Waals surface area contributed by atoms with Crippen molar-refractivity contribution >= 4 is 0 Å². The first-order valence-electron chi connectivity index (χ1n) is 8.85. The highest BCUT2D eigenvalue weighted by Gasteiger charge is 2.20. The molecule has 0 unspecified atom stereocenters. The molecule has 0 amide bonds. The molecule has 21 heavy (non-hydrogen) atoms. The second-order valence-electron chi connectivity index (χ2n) is 6.69. The van der Waals surface area contributed by atoms with E-state index >= 15 is 0 Å². The van der Waals surface area contributed by atoms with E-state index in [4.69, 9.17) is 5.10 Å². The van der Waals surface area contributed by atoms with Crippen LogP contribution in [0.1, 0.15) is 63.6 Å². The number of nitrogens with zero attached hydrogens (tertiary/aromatic N) is 3. The third kappa shape index (κ3) is 4.07. The van der Waals surface area contributed by atoms with Crippen LogP contribution in [-0.4, -0.2) is 40.4 Å². The second-order valence-corrected chi connectivity index (χ2v) is 6.69. The van der Waals surface area contributed by atoms with Gasteiger partial charge in [0.1, 0.15) is 0 Å². The molecule has 2 fully saturated rings. The Balaban J connectivity index is 1.48. The first-order chi connectivity index (χ1) is 10.3. The van der Waals surface area contributed by atoms with Gasteiger partial charge >= 0.3 is 0 Å². The van der Waals surface area contributed by atoms with Crippen LogP contribution in [0.15, 0.2) is 12.3 Å². The molecule has 0 atom stereocenters. The van der Waals surface area contributed by atoms with Gasteiger partial charge in [-0.15, -0.1) is 0 Å². The molecule has 1 saturated heterocycles. The van der Waals surface area contributed by atoms with Gasteiger partial charge in [-0.25, -0.2) is 0 Å². The van der Waals surface area contributed by atoms with Gasteiger partial charge in [0.25, 0.3) is 0 Å². The largest absolute Gasteiger partial charge is 0.314 e. The van der Waals surface area contributed by atoms with Crippen molar-refractivity contribution in [3.63, 3.8) is 0 Å². The van der Waals surface area contributed by atoms with Crippen molar-refractivity contribution in [1.82, 2.24) is 20.0 Å². The Kier molecular flexibility index (Phi) is 5.31. The standard InChI is InChI=1S/C17H30N4/c1-2-18-15-8-11-20(12-9-15)14-16-10-13-21(19-16)17-6-4-3-5-7-17/h10,13,15,17-18H,2-9,11-12,14H2,1H3. The van der Waals surface area contributed by atoms with Crippen molar-refractivity contribution in [3.05, 3.63) is 18.0 Å². The Labute approximate surface area is 128 Å². The second kappa shape index (κ2) is 7.41. The lowest BCUT2D eigenvalue weighted by Crippen LogP contribution is -2.42. The molecule has 3 rings (SSSR count). The zero-order valence-corrected chi connectivity index (χ0v) is 13.4. The zero-order chi connectivity index (χ0) is 14.5. The molecule has 118 valence electrons. The fourth-order valence-electron chi connectivity index (χ4n) is 3.82. The molecular formula is C17H30N4. The smallest absolute Gasteiger partial charge is 0.0764 e. The number of rotatable bonds is 5. The summed E-state index contributed by atoms with van der Waals surface area (Å²) in [5.74, 6) is 0. The predicted octanol–water partition coefficient (Wildman–Crippen LogP) is 2.96. The lowest BCUT2D eigenvalue weighted by molar-refractivity contribution is 0.189. The van der Waals surface area contributed by atoms with Gasteiger partial charge < -0.3 is 5.32 Å². The molecule has 2 aliphatic rings. The summed E-state index contributed by atoms with van der Waals surface area (Å²) in [5.41, 5.74) is 1.25. The molecule has 1 N–H and O–H groups in total. The van der Waals surface area contributed by atoms with E-state index in [0.29, 0.717) is 6.04 Å². The molecule has 0 spiro atoms. The van der Waals surface area contributed by atoms with Crippen LogP contribution >= 0.6 is 0 Å². The van der Waals surface area contributed by atoms with Crippen LogP contribution in [0.3, 0.4) is 0 Å². The average Bonchev–Trinajstić information content (AvgIpc) is 2.99. The molecule has 0 aromatic carbocycles. The monoisotopic (exact) mass is 290 g/mol. The molecule has 4 nitrogen and oxygen atoms in total. The predicted molar refractivity (Wildman–Crippen MR) is 86.3 cm³/mol. The SMILES string of the molecule is CCNC1CCN(Cc2ccn(C3CCCCC3)n2)CC1. The third-order valence-corrected chi connectivity index (χ3v) is 5.08. The number of nitrogens with one attached hydrogen (secondary N) is 1. The quantitative estimate of drug-likeness (QED) is 0.905. The van der Waals surface area contributed by atoms with Crippen molar-refractivity contribution in [3.8, 4) is 0 Å². The van der Waals surface area contributed by atoms with E-state index in [1.54, 1.807) is 0 Å². The third-order valence-electron chi connectivity index (χ3n) is 5.08. The van der Waals surface area contributed by atoms with Crippen LogP contribution in [0.2, 0.25) is 0 Å². The highest BCUT2D eigenvalue weighted by molar-refractivity contribution is 5.00. The van der Waals surface area contributed by atoms with Crippen molar-refractivity contribution < 1.29 is 0 Å². The minimum atomic E-state index is 0.659. The van der Waals surface area contributed by atoms with Gasteiger partial charge in [-0.3, -0.25) is 9.58 Å². The van der Waals surface area contributed by atoms with E-state index in [9.17, 15) is 0 Å². The normalized spacial score (nSPS) is 22.7. The topological polar surface area (TPSA) is 33.1 Å². The van der Waals surface area contributed by atoms with Crippen LogP contribution in [0.25, 0.3) is 0 Å². The summed E-state index contributed by atoms with van der Waals surface area (Å²) in [4.78, 5) is 2.56. The van der Waals surface area contributed by atoms with Gasteiger partial charge in [0.2, 0.25) is 0 Å². The highest BCUT2D eigenvalue weighted by Crippen LogP contribution is 2.27. The average molecular weight is 290 g/mol. The van der Waals surface area contributed by atoms with Crippen molar-refractivity contribution in [1.29, 1.82) is 0 Å². The minimum Gasteiger partial charge on any atom is -0.314 e. The van der Waals surface area contributed by atoms with Gasteiger partial charge in [0.05, 0.1) is 11.7 Å². The van der Waals surface area contributed by atoms with Crippen LogP contribution < -0.4 is 5.32 Å². The summed E-state index contributed by atoms with van der Waals surface area (Å²) in [6, 6.07) is 3.61. The number of hydrogen-bond acceptors (Lipinski definition) is 3. The fourth-order valence-corrected chi connectivity index (χ4v) is 3.82. The Morgan fingerprint density at radius 2 is 1.90 bits per heavy atom. The highest BCUT2D eigenvalue weighted by atomic mass is 15.3.